The van der Waals surface area contributed by atoms with E-state index >= 15 is 0 Å². The summed E-state index contributed by atoms with van der Waals surface area (Å²) in [5.41, 5.74) is 4.28. The summed E-state index contributed by atoms with van der Waals surface area (Å²) >= 11 is 1.42. The molecule has 1 unspecified atom stereocenters. The van der Waals surface area contributed by atoms with Crippen molar-refractivity contribution in [2.24, 2.45) is 0 Å². The van der Waals surface area contributed by atoms with E-state index in [0.29, 0.717) is 0 Å². The van der Waals surface area contributed by atoms with E-state index < -0.39 is 11.2 Å². The van der Waals surface area contributed by atoms with Crippen LogP contribution in [-0.2, 0) is 4.79 Å². The molecule has 0 aliphatic carbocycles. The summed E-state index contributed by atoms with van der Waals surface area (Å²) in [4.78, 5) is 12.4. The Morgan fingerprint density at radius 3 is 2.68 bits per heavy atom. The van der Waals surface area contributed by atoms with Gasteiger partial charge < -0.3 is 6.53 Å². The molecular weight excluding hydrogens is 267 g/mol. The molecular formula is C15H13NaO2S. The Balaban J connectivity index is 0.000001000. The van der Waals surface area contributed by atoms with Crippen molar-refractivity contribution in [1.29, 1.82) is 0 Å². The molecule has 0 amide bonds. The van der Waals surface area contributed by atoms with Crippen molar-refractivity contribution in [1.82, 2.24) is 0 Å². The molecule has 2 aromatic carbocycles. The van der Waals surface area contributed by atoms with Gasteiger partial charge in [0, 0.05) is 4.90 Å². The van der Waals surface area contributed by atoms with Crippen LogP contribution in [0.1, 0.15) is 17.8 Å². The van der Waals surface area contributed by atoms with Crippen molar-refractivity contribution in [2.45, 2.75) is 17.1 Å². The number of carbonyl (C=O) groups is 1. The Morgan fingerprint density at radius 2 is 1.95 bits per heavy atom. The number of carboxylic acids is 1. The van der Waals surface area contributed by atoms with Crippen LogP contribution in [0.3, 0.4) is 0 Å². The van der Waals surface area contributed by atoms with Crippen LogP contribution < -0.4 is 29.6 Å². The maximum Gasteiger partial charge on any atom is 1.00 e. The second-order valence-corrected chi connectivity index (χ2v) is 5.57. The van der Waals surface area contributed by atoms with Gasteiger partial charge in [-0.1, -0.05) is 42.0 Å². The van der Waals surface area contributed by atoms with Gasteiger partial charge in [-0.3, -0.25) is 4.79 Å². The minimum atomic E-state index is -0.779. The number of hydrogen-bond donors (Lipinski definition) is 1. The maximum atomic E-state index is 11.4. The first-order valence-corrected chi connectivity index (χ1v) is 6.64. The van der Waals surface area contributed by atoms with Crippen LogP contribution in [0.4, 0.5) is 0 Å². The molecule has 1 aliphatic heterocycles. The molecule has 3 rings (SSSR count). The van der Waals surface area contributed by atoms with Gasteiger partial charge in [0.25, 0.3) is 0 Å². The van der Waals surface area contributed by atoms with E-state index in [0.717, 1.165) is 21.6 Å². The first-order valence-electron chi connectivity index (χ1n) is 5.76. The number of aliphatic carboxylic acids is 1. The average Bonchev–Trinajstić information content (AvgIpc) is 2.37. The molecule has 0 bridgehead atoms. The molecule has 0 aromatic heterocycles. The second-order valence-electron chi connectivity index (χ2n) is 4.42. The molecule has 19 heavy (non-hydrogen) atoms. The van der Waals surface area contributed by atoms with Gasteiger partial charge in [-0.15, -0.1) is 11.8 Å². The molecule has 0 saturated heterocycles. The molecule has 1 N–H and O–H groups in total. The van der Waals surface area contributed by atoms with Crippen LogP contribution in [0.2, 0.25) is 0 Å². The Kier molecular flexibility index (Phi) is 4.41. The summed E-state index contributed by atoms with van der Waals surface area (Å²) < 4.78 is 0. The zero-order valence-corrected chi connectivity index (χ0v) is 13.7. The van der Waals surface area contributed by atoms with Gasteiger partial charge in [-0.2, -0.15) is 0 Å². The van der Waals surface area contributed by atoms with Gasteiger partial charge >= 0.3 is 35.5 Å². The molecule has 2 aromatic rings. The summed E-state index contributed by atoms with van der Waals surface area (Å²) in [6, 6.07) is 13.9. The van der Waals surface area contributed by atoms with Gasteiger partial charge in [0.2, 0.25) is 0 Å². The van der Waals surface area contributed by atoms with E-state index in [4.69, 9.17) is 0 Å². The average molecular weight is 280 g/mol. The number of carboxylic acid groups (broad SMARTS) is 1. The fourth-order valence-corrected chi connectivity index (χ4v) is 3.43. The third-order valence-electron chi connectivity index (χ3n) is 3.14. The predicted molar refractivity (Wildman–Crippen MR) is 74.0 cm³/mol. The van der Waals surface area contributed by atoms with E-state index in [9.17, 15) is 9.90 Å². The quantitative estimate of drug-likeness (QED) is 0.792. The first-order chi connectivity index (χ1) is 8.66. The van der Waals surface area contributed by atoms with Crippen LogP contribution in [0.25, 0.3) is 11.1 Å². The normalized spacial score (nSPS) is 15.9. The monoisotopic (exact) mass is 280 g/mol. The fraction of sp³-hybridized carbons (Fsp3) is 0.133. The van der Waals surface area contributed by atoms with E-state index in [1.165, 1.54) is 17.3 Å². The van der Waals surface area contributed by atoms with Crippen LogP contribution in [0.15, 0.2) is 47.4 Å². The SMILES string of the molecule is Cc1ccc2c(c1)-c1ccccc1C(C(=O)O)S2.[H-].[Na+]. The van der Waals surface area contributed by atoms with Crippen LogP contribution in [0.5, 0.6) is 0 Å². The van der Waals surface area contributed by atoms with E-state index in [1.807, 2.05) is 36.4 Å². The van der Waals surface area contributed by atoms with Crippen LogP contribution in [-0.4, -0.2) is 11.1 Å². The Bertz CT molecular complexity index is 646. The zero-order chi connectivity index (χ0) is 12.7. The molecule has 4 heteroatoms. The Morgan fingerprint density at radius 1 is 1.21 bits per heavy atom. The molecule has 2 nitrogen and oxygen atoms in total. The number of thioether (sulfide) groups is 1. The fourth-order valence-electron chi connectivity index (χ4n) is 2.30. The van der Waals surface area contributed by atoms with Crippen molar-refractivity contribution in [3.63, 3.8) is 0 Å². The second kappa shape index (κ2) is 5.71. The van der Waals surface area contributed by atoms with Crippen molar-refractivity contribution in [3.05, 3.63) is 53.6 Å². The third kappa shape index (κ3) is 2.61. The summed E-state index contributed by atoms with van der Waals surface area (Å²) in [6.07, 6.45) is 0. The number of hydrogen-bond acceptors (Lipinski definition) is 2. The maximum absolute atomic E-state index is 11.4. The zero-order valence-electron chi connectivity index (χ0n) is 11.9. The number of fused-ring (bicyclic) bond motifs is 3. The smallest absolute Gasteiger partial charge is 1.00 e. The molecule has 0 spiro atoms. The Hall–Kier alpha value is -0.740. The van der Waals surface area contributed by atoms with E-state index in [-0.39, 0.29) is 31.0 Å². The van der Waals surface area contributed by atoms with Crippen molar-refractivity contribution in [3.8, 4) is 11.1 Å². The van der Waals surface area contributed by atoms with Crippen molar-refractivity contribution < 1.29 is 40.9 Å². The summed E-state index contributed by atoms with van der Waals surface area (Å²) in [5.74, 6) is -0.779. The van der Waals surface area contributed by atoms with E-state index in [2.05, 4.69) is 13.0 Å². The first kappa shape index (κ1) is 14.7. The molecule has 1 aliphatic rings. The standard InChI is InChI=1S/C15H12O2S.Na.H/c1-9-6-7-13-12(8-9)10-4-2-3-5-11(10)14(18-13)15(16)17;;/h2-8,14H,1H3,(H,16,17);;/q;+1;-1. The summed E-state index contributed by atoms with van der Waals surface area (Å²) in [5, 5.41) is 8.84. The van der Waals surface area contributed by atoms with Gasteiger partial charge in [0.1, 0.15) is 5.25 Å². The van der Waals surface area contributed by atoms with Crippen LogP contribution >= 0.6 is 11.8 Å². The number of benzene rings is 2. The van der Waals surface area contributed by atoms with Gasteiger partial charge in [0.15, 0.2) is 0 Å². The molecule has 0 saturated carbocycles. The topological polar surface area (TPSA) is 37.3 Å². The van der Waals surface area contributed by atoms with Gasteiger partial charge in [-0.25, -0.2) is 0 Å². The van der Waals surface area contributed by atoms with Crippen LogP contribution in [0, 0.1) is 6.92 Å². The molecule has 0 fully saturated rings. The number of rotatable bonds is 1. The summed E-state index contributed by atoms with van der Waals surface area (Å²) in [7, 11) is 0. The Labute approximate surface area is 140 Å². The minimum Gasteiger partial charge on any atom is -1.00 e. The molecule has 0 radical (unpaired) electrons. The van der Waals surface area contributed by atoms with Crippen molar-refractivity contribution in [2.75, 3.05) is 0 Å². The van der Waals surface area contributed by atoms with Gasteiger partial charge in [-0.05, 0) is 29.7 Å². The number of aryl methyl sites for hydroxylation is 1. The van der Waals surface area contributed by atoms with Crippen molar-refractivity contribution >= 4 is 17.7 Å². The van der Waals surface area contributed by atoms with E-state index in [1.54, 1.807) is 0 Å². The summed E-state index contributed by atoms with van der Waals surface area (Å²) in [6.45, 7) is 2.05. The molecule has 1 heterocycles. The molecule has 1 atom stereocenters. The predicted octanol–water partition coefficient (Wildman–Crippen LogP) is 1.01. The third-order valence-corrected chi connectivity index (χ3v) is 4.44. The minimum absolute atomic E-state index is 0. The molecule has 92 valence electrons. The van der Waals surface area contributed by atoms with Gasteiger partial charge in [0.05, 0.1) is 0 Å². The largest absolute Gasteiger partial charge is 1.00 e.